The van der Waals surface area contributed by atoms with Gasteiger partial charge in [-0.25, -0.2) is 0 Å². The summed E-state index contributed by atoms with van der Waals surface area (Å²) in [6.45, 7) is 4.03. The molecular weight excluding hydrogens is 316 g/mol. The molecule has 0 saturated carbocycles. The maximum atomic E-state index is 12.4. The van der Waals surface area contributed by atoms with Crippen LogP contribution in [-0.2, 0) is 20.3 Å². The van der Waals surface area contributed by atoms with Crippen molar-refractivity contribution < 1.29 is 13.7 Å². The highest BCUT2D eigenvalue weighted by atomic mass is 79.9. The van der Waals surface area contributed by atoms with Crippen LogP contribution in [0.25, 0.3) is 0 Å². The van der Waals surface area contributed by atoms with E-state index in [1.165, 1.54) is 0 Å². The standard InChI is InChI=1S/C13H17BrO3S/c1-3-5-12(13(15)17-4-2)18(16)11-8-6-10(14)7-9-11/h6-9,12H,3-5H2,1-2H3. The summed E-state index contributed by atoms with van der Waals surface area (Å²) in [7, 11) is -1.36. The van der Waals surface area contributed by atoms with Gasteiger partial charge in [0.2, 0.25) is 0 Å². The summed E-state index contributed by atoms with van der Waals surface area (Å²) in [5.41, 5.74) is 0. The first-order chi connectivity index (χ1) is 8.60. The topological polar surface area (TPSA) is 43.4 Å². The summed E-state index contributed by atoms with van der Waals surface area (Å²) < 4.78 is 18.3. The minimum atomic E-state index is -1.36. The van der Waals surface area contributed by atoms with E-state index in [9.17, 15) is 9.00 Å². The second-order valence-corrected chi connectivity index (χ2v) is 6.33. The first-order valence-corrected chi connectivity index (χ1v) is 7.93. The lowest BCUT2D eigenvalue weighted by Crippen LogP contribution is -2.28. The molecule has 18 heavy (non-hydrogen) atoms. The molecule has 2 atom stereocenters. The summed E-state index contributed by atoms with van der Waals surface area (Å²) in [6, 6.07) is 7.17. The zero-order valence-electron chi connectivity index (χ0n) is 10.5. The zero-order chi connectivity index (χ0) is 13.5. The molecule has 1 aromatic rings. The molecule has 0 amide bonds. The predicted molar refractivity (Wildman–Crippen MR) is 75.9 cm³/mol. The van der Waals surface area contributed by atoms with Gasteiger partial charge in [-0.1, -0.05) is 29.3 Å². The van der Waals surface area contributed by atoms with Crippen molar-refractivity contribution in [2.75, 3.05) is 6.61 Å². The number of ether oxygens (including phenoxy) is 1. The van der Waals surface area contributed by atoms with Gasteiger partial charge in [0.05, 0.1) is 17.4 Å². The van der Waals surface area contributed by atoms with Gasteiger partial charge >= 0.3 is 5.97 Å². The number of carbonyl (C=O) groups excluding carboxylic acids is 1. The van der Waals surface area contributed by atoms with Crippen molar-refractivity contribution in [2.45, 2.75) is 36.8 Å². The molecule has 3 nitrogen and oxygen atoms in total. The van der Waals surface area contributed by atoms with E-state index in [0.717, 1.165) is 10.9 Å². The van der Waals surface area contributed by atoms with Crippen molar-refractivity contribution in [3.05, 3.63) is 28.7 Å². The Bertz CT molecular complexity index is 417. The van der Waals surface area contributed by atoms with Gasteiger partial charge in [-0.3, -0.25) is 9.00 Å². The zero-order valence-corrected chi connectivity index (χ0v) is 12.9. The second-order valence-electron chi connectivity index (χ2n) is 3.78. The third-order valence-corrected chi connectivity index (χ3v) is 4.62. The predicted octanol–water partition coefficient (Wildman–Crippen LogP) is 3.29. The largest absolute Gasteiger partial charge is 0.465 e. The minimum absolute atomic E-state index is 0.316. The Kier molecular flexibility index (Phi) is 6.57. The number of hydrogen-bond donors (Lipinski definition) is 0. The fourth-order valence-electron chi connectivity index (χ4n) is 1.54. The number of hydrogen-bond acceptors (Lipinski definition) is 3. The Hall–Kier alpha value is -0.680. The highest BCUT2D eigenvalue weighted by Gasteiger charge is 2.26. The summed E-state index contributed by atoms with van der Waals surface area (Å²) in [5.74, 6) is -0.374. The average Bonchev–Trinajstić information content (AvgIpc) is 2.36. The van der Waals surface area contributed by atoms with Gasteiger partial charge in [-0.2, -0.15) is 0 Å². The highest BCUT2D eigenvalue weighted by molar-refractivity contribution is 9.10. The van der Waals surface area contributed by atoms with Crippen molar-refractivity contribution in [3.63, 3.8) is 0 Å². The monoisotopic (exact) mass is 332 g/mol. The maximum Gasteiger partial charge on any atom is 0.322 e. The van der Waals surface area contributed by atoms with Crippen molar-refractivity contribution in [2.24, 2.45) is 0 Å². The van der Waals surface area contributed by atoms with Crippen LogP contribution in [0.1, 0.15) is 26.7 Å². The van der Waals surface area contributed by atoms with Crippen LogP contribution < -0.4 is 0 Å². The minimum Gasteiger partial charge on any atom is -0.465 e. The smallest absolute Gasteiger partial charge is 0.322 e. The van der Waals surface area contributed by atoms with Gasteiger partial charge in [-0.15, -0.1) is 0 Å². The second kappa shape index (κ2) is 7.69. The fraction of sp³-hybridized carbons (Fsp3) is 0.462. The molecule has 0 radical (unpaired) electrons. The van der Waals surface area contributed by atoms with Gasteiger partial charge in [0.25, 0.3) is 0 Å². The molecule has 5 heteroatoms. The molecule has 0 aromatic heterocycles. The number of esters is 1. The summed E-state index contributed by atoms with van der Waals surface area (Å²) in [6.07, 6.45) is 1.37. The van der Waals surface area contributed by atoms with Crippen LogP contribution in [0.4, 0.5) is 0 Å². The molecule has 0 saturated heterocycles. The highest BCUT2D eigenvalue weighted by Crippen LogP contribution is 2.19. The van der Waals surface area contributed by atoms with Gasteiger partial charge in [0, 0.05) is 9.37 Å². The molecule has 1 aromatic carbocycles. The fourth-order valence-corrected chi connectivity index (χ4v) is 3.23. The summed E-state index contributed by atoms with van der Waals surface area (Å²) in [4.78, 5) is 12.4. The van der Waals surface area contributed by atoms with Crippen LogP contribution in [0.3, 0.4) is 0 Å². The lowest BCUT2D eigenvalue weighted by molar-refractivity contribution is -0.142. The van der Waals surface area contributed by atoms with Crippen LogP contribution >= 0.6 is 15.9 Å². The molecule has 0 aliphatic heterocycles. The molecule has 0 heterocycles. The van der Waals surface area contributed by atoms with E-state index in [1.807, 2.05) is 19.1 Å². The van der Waals surface area contributed by atoms with Crippen LogP contribution in [0.2, 0.25) is 0 Å². The number of halogens is 1. The molecular formula is C13H17BrO3S. The molecule has 0 N–H and O–H groups in total. The Labute approximate surface area is 119 Å². The Balaban J connectivity index is 2.88. The first kappa shape index (κ1) is 15.4. The van der Waals surface area contributed by atoms with Gasteiger partial charge in [0.15, 0.2) is 0 Å². The average molecular weight is 333 g/mol. The van der Waals surface area contributed by atoms with Crippen LogP contribution in [-0.4, -0.2) is 22.0 Å². The van der Waals surface area contributed by atoms with E-state index in [0.29, 0.717) is 17.9 Å². The third-order valence-electron chi connectivity index (χ3n) is 2.40. The molecule has 0 aliphatic rings. The molecule has 2 unspecified atom stereocenters. The Morgan fingerprint density at radius 3 is 2.44 bits per heavy atom. The van der Waals surface area contributed by atoms with Gasteiger partial charge < -0.3 is 4.74 Å². The summed E-state index contributed by atoms with van der Waals surface area (Å²) in [5, 5.41) is -0.573. The maximum absolute atomic E-state index is 12.4. The van der Waals surface area contributed by atoms with Crippen LogP contribution in [0.5, 0.6) is 0 Å². The molecule has 0 bridgehead atoms. The van der Waals surface area contributed by atoms with Crippen molar-refractivity contribution in [1.29, 1.82) is 0 Å². The van der Waals surface area contributed by atoms with Crippen molar-refractivity contribution >= 4 is 32.7 Å². The van der Waals surface area contributed by atoms with Crippen molar-refractivity contribution in [1.82, 2.24) is 0 Å². The van der Waals surface area contributed by atoms with E-state index in [2.05, 4.69) is 15.9 Å². The number of carbonyl (C=O) groups is 1. The first-order valence-electron chi connectivity index (χ1n) is 5.92. The molecule has 0 fully saturated rings. The molecule has 0 spiro atoms. The normalized spacial score (nSPS) is 13.9. The van der Waals surface area contributed by atoms with E-state index in [-0.39, 0.29) is 5.97 Å². The SMILES string of the molecule is CCCC(C(=O)OCC)S(=O)c1ccc(Br)cc1. The van der Waals surface area contributed by atoms with E-state index < -0.39 is 16.0 Å². The van der Waals surface area contributed by atoms with Crippen molar-refractivity contribution in [3.8, 4) is 0 Å². The molecule has 100 valence electrons. The lowest BCUT2D eigenvalue weighted by atomic mass is 10.2. The van der Waals surface area contributed by atoms with Gasteiger partial charge in [0.1, 0.15) is 5.25 Å². The van der Waals surface area contributed by atoms with Crippen LogP contribution in [0.15, 0.2) is 33.6 Å². The number of benzene rings is 1. The molecule has 1 rings (SSSR count). The van der Waals surface area contributed by atoms with Gasteiger partial charge in [-0.05, 0) is 37.6 Å². The Morgan fingerprint density at radius 2 is 1.94 bits per heavy atom. The van der Waals surface area contributed by atoms with Crippen LogP contribution in [0, 0.1) is 0 Å². The van der Waals surface area contributed by atoms with E-state index >= 15 is 0 Å². The third kappa shape index (κ3) is 4.21. The van der Waals surface area contributed by atoms with E-state index in [1.54, 1.807) is 19.1 Å². The van der Waals surface area contributed by atoms with E-state index in [4.69, 9.17) is 4.74 Å². The molecule has 0 aliphatic carbocycles. The Morgan fingerprint density at radius 1 is 1.33 bits per heavy atom. The lowest BCUT2D eigenvalue weighted by Gasteiger charge is -2.14. The summed E-state index contributed by atoms with van der Waals surface area (Å²) >= 11 is 3.33. The number of rotatable bonds is 6. The quantitative estimate of drug-likeness (QED) is 0.751.